The Morgan fingerprint density at radius 2 is 2.13 bits per heavy atom. The average molecular weight is 239 g/mol. The van der Waals surface area contributed by atoms with E-state index in [9.17, 15) is 13.2 Å². The van der Waals surface area contributed by atoms with Gasteiger partial charge in [-0.2, -0.15) is 25.8 Å². The smallest absolute Gasteiger partial charge is 0.299 e. The number of thiol groups is 1. The van der Waals surface area contributed by atoms with E-state index in [0.29, 0.717) is 18.7 Å². The zero-order chi connectivity index (χ0) is 11.5. The lowest BCUT2D eigenvalue weighted by Crippen LogP contribution is -2.42. The van der Waals surface area contributed by atoms with Crippen LogP contribution in [-0.4, -0.2) is 36.5 Å². The number of likely N-dealkylation sites (tertiary alicyclic amines) is 1. The maximum Gasteiger partial charge on any atom is 0.393 e. The largest absolute Gasteiger partial charge is 0.393 e. The molecule has 15 heavy (non-hydrogen) atoms. The lowest BCUT2D eigenvalue weighted by Gasteiger charge is -2.33. The number of nitrogens with zero attached hydrogens (tertiary/aromatic N) is 1. The van der Waals surface area contributed by atoms with E-state index in [1.54, 1.807) is 0 Å². The minimum absolute atomic E-state index is 0.107. The van der Waals surface area contributed by atoms with Crippen LogP contribution in [0.4, 0.5) is 13.2 Å². The highest BCUT2D eigenvalue weighted by Crippen LogP contribution is 2.33. The molecule has 0 bridgehead atoms. The molecule has 1 aliphatic rings. The van der Waals surface area contributed by atoms with E-state index in [2.05, 4.69) is 19.2 Å². The topological polar surface area (TPSA) is 3.24 Å². The summed E-state index contributed by atoms with van der Waals surface area (Å²) >= 11 is 4.05. The fourth-order valence-corrected chi connectivity index (χ4v) is 1.93. The second-order valence-electron chi connectivity index (χ2n) is 4.02. The summed E-state index contributed by atoms with van der Waals surface area (Å²) in [5.41, 5.74) is 0.876. The molecule has 1 aliphatic heterocycles. The highest BCUT2D eigenvalue weighted by Gasteiger charge is 2.41. The van der Waals surface area contributed by atoms with Crippen LogP contribution in [0.3, 0.4) is 0 Å². The van der Waals surface area contributed by atoms with E-state index in [4.69, 9.17) is 0 Å². The van der Waals surface area contributed by atoms with Crippen LogP contribution >= 0.6 is 12.6 Å². The molecule has 0 amide bonds. The van der Waals surface area contributed by atoms with Crippen molar-refractivity contribution in [2.24, 2.45) is 5.92 Å². The van der Waals surface area contributed by atoms with Crippen LogP contribution in [0.5, 0.6) is 0 Å². The van der Waals surface area contributed by atoms with Crippen molar-refractivity contribution in [2.75, 3.05) is 25.4 Å². The molecular formula is C10H16F3NS. The second kappa shape index (κ2) is 5.25. The molecule has 0 saturated carbocycles. The third-order valence-electron chi connectivity index (χ3n) is 2.64. The van der Waals surface area contributed by atoms with Gasteiger partial charge in [0, 0.05) is 18.8 Å². The molecule has 0 aliphatic carbocycles. The molecule has 1 saturated heterocycles. The Balaban J connectivity index is 2.46. The van der Waals surface area contributed by atoms with Crippen molar-refractivity contribution < 1.29 is 13.2 Å². The highest BCUT2D eigenvalue weighted by atomic mass is 32.1. The van der Waals surface area contributed by atoms with E-state index in [1.807, 2.05) is 4.90 Å². The summed E-state index contributed by atoms with van der Waals surface area (Å²) in [6.07, 6.45) is -3.18. The van der Waals surface area contributed by atoms with Gasteiger partial charge < -0.3 is 0 Å². The monoisotopic (exact) mass is 239 g/mol. The van der Waals surface area contributed by atoms with E-state index in [1.165, 1.54) is 0 Å². The normalized spacial score (nSPS) is 24.1. The van der Waals surface area contributed by atoms with Gasteiger partial charge in [0.05, 0.1) is 5.92 Å². The van der Waals surface area contributed by atoms with Crippen LogP contribution in [0.1, 0.15) is 12.8 Å². The van der Waals surface area contributed by atoms with Crippen LogP contribution in [0.15, 0.2) is 12.2 Å². The molecule has 1 unspecified atom stereocenters. The number of hydrogen-bond acceptors (Lipinski definition) is 2. The molecular weight excluding hydrogens is 223 g/mol. The lowest BCUT2D eigenvalue weighted by atomic mass is 9.97. The number of hydrogen-bond donors (Lipinski definition) is 1. The van der Waals surface area contributed by atoms with E-state index in [0.717, 1.165) is 12.1 Å². The molecule has 0 aromatic carbocycles. The van der Waals surface area contributed by atoms with Gasteiger partial charge in [0.25, 0.3) is 0 Å². The molecule has 1 fully saturated rings. The quantitative estimate of drug-likeness (QED) is 0.585. The van der Waals surface area contributed by atoms with Crippen molar-refractivity contribution >= 4 is 12.6 Å². The second-order valence-corrected chi connectivity index (χ2v) is 4.34. The van der Waals surface area contributed by atoms with Crippen LogP contribution < -0.4 is 0 Å². The van der Waals surface area contributed by atoms with Crippen LogP contribution in [-0.2, 0) is 0 Å². The maximum absolute atomic E-state index is 12.5. The SMILES string of the molecule is C=C(CS)CN1CCCC(C(F)(F)F)C1. The fraction of sp³-hybridized carbons (Fsp3) is 0.800. The predicted octanol–water partition coefficient (Wildman–Crippen LogP) is 2.75. The average Bonchev–Trinajstić information content (AvgIpc) is 2.17. The van der Waals surface area contributed by atoms with Crippen molar-refractivity contribution in [3.05, 3.63) is 12.2 Å². The predicted molar refractivity (Wildman–Crippen MR) is 58.2 cm³/mol. The molecule has 0 aromatic heterocycles. The van der Waals surface area contributed by atoms with Crippen LogP contribution in [0, 0.1) is 5.92 Å². The number of halogens is 3. The third-order valence-corrected chi connectivity index (χ3v) is 3.09. The Morgan fingerprint density at radius 1 is 1.47 bits per heavy atom. The first-order chi connectivity index (χ1) is 6.93. The molecule has 1 nitrogen and oxygen atoms in total. The van der Waals surface area contributed by atoms with Crippen molar-refractivity contribution in [2.45, 2.75) is 19.0 Å². The summed E-state index contributed by atoms with van der Waals surface area (Å²) in [5.74, 6) is -0.633. The van der Waals surface area contributed by atoms with Crippen molar-refractivity contribution in [3.63, 3.8) is 0 Å². The highest BCUT2D eigenvalue weighted by molar-refractivity contribution is 7.80. The number of alkyl halides is 3. The Hall–Kier alpha value is -0.160. The minimum atomic E-state index is -4.05. The summed E-state index contributed by atoms with van der Waals surface area (Å²) in [5, 5.41) is 0. The molecule has 0 radical (unpaired) electrons. The Kier molecular flexibility index (Phi) is 4.52. The Morgan fingerprint density at radius 3 is 2.67 bits per heavy atom. The lowest BCUT2D eigenvalue weighted by molar-refractivity contribution is -0.186. The molecule has 1 atom stereocenters. The molecule has 5 heteroatoms. The van der Waals surface area contributed by atoms with Gasteiger partial charge in [-0.1, -0.05) is 12.2 Å². The summed E-state index contributed by atoms with van der Waals surface area (Å²) < 4.78 is 37.4. The summed E-state index contributed by atoms with van der Waals surface area (Å²) in [6, 6.07) is 0. The first kappa shape index (κ1) is 12.9. The van der Waals surface area contributed by atoms with E-state index in [-0.39, 0.29) is 13.0 Å². The molecule has 1 rings (SSSR count). The number of rotatable bonds is 3. The number of piperidine rings is 1. The van der Waals surface area contributed by atoms with Crippen LogP contribution in [0.2, 0.25) is 0 Å². The Bertz CT molecular complexity index is 227. The summed E-state index contributed by atoms with van der Waals surface area (Å²) in [4.78, 5) is 1.82. The summed E-state index contributed by atoms with van der Waals surface area (Å²) in [6.45, 7) is 5.14. The maximum atomic E-state index is 12.5. The zero-order valence-electron chi connectivity index (χ0n) is 8.56. The van der Waals surface area contributed by atoms with Crippen molar-refractivity contribution in [1.29, 1.82) is 0 Å². The van der Waals surface area contributed by atoms with Crippen LogP contribution in [0.25, 0.3) is 0 Å². The first-order valence-corrected chi connectivity index (χ1v) is 5.63. The zero-order valence-corrected chi connectivity index (χ0v) is 9.45. The third kappa shape index (κ3) is 4.07. The van der Waals surface area contributed by atoms with E-state index < -0.39 is 12.1 Å². The van der Waals surface area contributed by atoms with Crippen molar-refractivity contribution in [3.8, 4) is 0 Å². The molecule has 0 N–H and O–H groups in total. The van der Waals surface area contributed by atoms with Gasteiger partial charge in [-0.3, -0.25) is 4.90 Å². The van der Waals surface area contributed by atoms with E-state index >= 15 is 0 Å². The van der Waals surface area contributed by atoms with Gasteiger partial charge in [0.1, 0.15) is 0 Å². The van der Waals surface area contributed by atoms with Gasteiger partial charge in [0.15, 0.2) is 0 Å². The molecule has 0 aromatic rings. The van der Waals surface area contributed by atoms with Crippen molar-refractivity contribution in [1.82, 2.24) is 4.90 Å². The first-order valence-electron chi connectivity index (χ1n) is 5.00. The molecule has 88 valence electrons. The van der Waals surface area contributed by atoms with Gasteiger partial charge in [-0.25, -0.2) is 0 Å². The van der Waals surface area contributed by atoms with Gasteiger partial charge in [0.2, 0.25) is 0 Å². The minimum Gasteiger partial charge on any atom is -0.299 e. The fourth-order valence-electron chi connectivity index (χ4n) is 1.83. The van der Waals surface area contributed by atoms with Gasteiger partial charge >= 0.3 is 6.18 Å². The summed E-state index contributed by atoms with van der Waals surface area (Å²) in [7, 11) is 0. The Labute approximate surface area is 93.7 Å². The van der Waals surface area contributed by atoms with Gasteiger partial charge in [-0.15, -0.1) is 0 Å². The standard InChI is InChI=1S/C10H16F3NS/c1-8(7-15)5-14-4-2-3-9(6-14)10(11,12)13/h9,15H,1-7H2. The molecule has 1 heterocycles. The molecule has 0 spiro atoms. The van der Waals surface area contributed by atoms with Gasteiger partial charge in [-0.05, 0) is 19.4 Å².